The third kappa shape index (κ3) is 4.31. The van der Waals surface area contributed by atoms with Crippen LogP contribution in [0.3, 0.4) is 0 Å². The first-order valence-electron chi connectivity index (χ1n) is 20.3. The highest BCUT2D eigenvalue weighted by molar-refractivity contribution is 6.84. The first-order valence-corrected chi connectivity index (χ1v) is 20.3. The molecular weight excluding hydrogens is 737 g/mol. The van der Waals surface area contributed by atoms with Gasteiger partial charge in [0.1, 0.15) is 39.6 Å². The van der Waals surface area contributed by atoms with E-state index in [4.69, 9.17) is 18.2 Å². The summed E-state index contributed by atoms with van der Waals surface area (Å²) in [7, 11) is 0. The lowest BCUT2D eigenvalue weighted by atomic mass is 9.50. The summed E-state index contributed by atoms with van der Waals surface area (Å²) in [5.74, 6) is 2.41. The second-order valence-corrected chi connectivity index (χ2v) is 15.9. The molecule has 2 aliphatic rings. The number of aromatic nitrogens is 1. The van der Waals surface area contributed by atoms with Crippen molar-refractivity contribution in [3.8, 4) is 56.3 Å². The molecule has 0 unspecified atom stereocenters. The van der Waals surface area contributed by atoms with Gasteiger partial charge in [-0.25, -0.2) is 0 Å². The Balaban J connectivity index is 0.949. The van der Waals surface area contributed by atoms with Gasteiger partial charge in [-0.15, -0.1) is 0 Å². The molecule has 0 bridgehead atoms. The van der Waals surface area contributed by atoms with Crippen LogP contribution in [-0.4, -0.2) is 11.5 Å². The zero-order valence-electron chi connectivity index (χ0n) is 32.0. The molecule has 2 aliphatic heterocycles. The summed E-state index contributed by atoms with van der Waals surface area (Å²) in [4.78, 5) is 0. The van der Waals surface area contributed by atoms with E-state index >= 15 is 0 Å². The van der Waals surface area contributed by atoms with Gasteiger partial charge in [-0.1, -0.05) is 121 Å². The Morgan fingerprint density at radius 1 is 0.400 bits per heavy atom. The van der Waals surface area contributed by atoms with Crippen molar-refractivity contribution < 1.29 is 18.2 Å². The van der Waals surface area contributed by atoms with Gasteiger partial charge in [0, 0.05) is 54.5 Å². The minimum Gasteiger partial charge on any atom is -0.551 e. The van der Waals surface area contributed by atoms with Crippen LogP contribution < -0.4 is 20.3 Å². The number of benzene rings is 9. The van der Waals surface area contributed by atoms with Crippen molar-refractivity contribution in [1.29, 1.82) is 0 Å². The van der Waals surface area contributed by atoms with E-state index < -0.39 is 0 Å². The van der Waals surface area contributed by atoms with Crippen molar-refractivity contribution in [3.05, 3.63) is 182 Å². The van der Waals surface area contributed by atoms with Crippen LogP contribution in [-0.2, 0) is 0 Å². The topological polar surface area (TPSA) is 49.7 Å². The number of rotatable bonds is 3. The van der Waals surface area contributed by atoms with Crippen LogP contribution in [0.1, 0.15) is 0 Å². The van der Waals surface area contributed by atoms with Gasteiger partial charge in [0.05, 0.1) is 22.1 Å². The zero-order valence-corrected chi connectivity index (χ0v) is 32.0. The molecule has 5 heterocycles. The van der Waals surface area contributed by atoms with Crippen LogP contribution in [0.25, 0.3) is 105 Å². The Morgan fingerprint density at radius 2 is 1.08 bits per heavy atom. The Hall–Kier alpha value is -7.96. The van der Waals surface area contributed by atoms with E-state index in [0.29, 0.717) is 0 Å². The first-order chi connectivity index (χ1) is 29.7. The van der Waals surface area contributed by atoms with Crippen LogP contribution in [0.4, 0.5) is 0 Å². The van der Waals surface area contributed by atoms with Gasteiger partial charge in [0.2, 0.25) is 0 Å². The van der Waals surface area contributed by atoms with Crippen LogP contribution in [0, 0.1) is 0 Å². The average molecular weight is 768 g/mol. The van der Waals surface area contributed by atoms with Gasteiger partial charge in [-0.2, -0.15) is 0 Å². The molecule has 0 saturated heterocycles. The molecule has 0 amide bonds. The fourth-order valence-corrected chi connectivity index (χ4v) is 10.1. The van der Waals surface area contributed by atoms with E-state index in [2.05, 4.69) is 162 Å². The summed E-state index contributed by atoms with van der Waals surface area (Å²) < 4.78 is 29.5. The van der Waals surface area contributed by atoms with Crippen molar-refractivity contribution in [2.24, 2.45) is 0 Å². The number of hydrogen-bond donors (Lipinski definition) is 0. The molecule has 5 nitrogen and oxygen atoms in total. The lowest BCUT2D eigenvalue weighted by Crippen LogP contribution is -2.53. The number of hydrogen-bond acceptors (Lipinski definition) is 4. The van der Waals surface area contributed by atoms with Crippen molar-refractivity contribution in [2.75, 3.05) is 0 Å². The zero-order chi connectivity index (χ0) is 39.1. The molecule has 14 rings (SSSR count). The predicted molar refractivity (Wildman–Crippen MR) is 244 cm³/mol. The number of furan rings is 2. The molecule has 0 spiro atoms. The first kappa shape index (κ1) is 32.1. The highest BCUT2D eigenvalue weighted by atomic mass is 16.5. The molecule has 9 aromatic carbocycles. The quantitative estimate of drug-likeness (QED) is 0.168. The lowest BCUT2D eigenvalue weighted by molar-refractivity contribution is 0.480. The molecule has 3 aromatic heterocycles. The summed E-state index contributed by atoms with van der Waals surface area (Å²) in [5, 5.41) is 6.64. The Labute approximate surface area is 343 Å². The normalized spacial score (nSPS) is 12.9. The lowest BCUT2D eigenvalue weighted by Gasteiger charge is -2.33. The van der Waals surface area contributed by atoms with Crippen molar-refractivity contribution in [2.45, 2.75) is 0 Å². The predicted octanol–water partition coefficient (Wildman–Crippen LogP) is 13.2. The van der Waals surface area contributed by atoms with E-state index in [1.807, 2.05) is 24.3 Å². The molecular formula is C54H30BNO4. The molecule has 60 heavy (non-hydrogen) atoms. The van der Waals surface area contributed by atoms with E-state index in [1.165, 1.54) is 21.8 Å². The largest absolute Gasteiger partial charge is 0.551 e. The van der Waals surface area contributed by atoms with Crippen LogP contribution in [0.2, 0.25) is 0 Å². The van der Waals surface area contributed by atoms with E-state index in [-0.39, 0.29) is 6.92 Å². The SMILES string of the molecule is c1ccc2c(c1)OB1c3ccc(-c4cccc5c4oc4ccc6c7ccccc7oc6c45)cc3Oc3cc(-c4ccccc4-n4c5ccccc5c5ccccc54)cc-2c31. The van der Waals surface area contributed by atoms with Crippen LogP contribution in [0.5, 0.6) is 17.2 Å². The van der Waals surface area contributed by atoms with Gasteiger partial charge < -0.3 is 22.8 Å². The molecule has 0 aliphatic carbocycles. The Bertz CT molecular complexity index is 3760. The molecule has 0 atom stereocenters. The maximum absolute atomic E-state index is 7.06. The van der Waals surface area contributed by atoms with Gasteiger partial charge in [-0.3, -0.25) is 0 Å². The second-order valence-electron chi connectivity index (χ2n) is 15.9. The van der Waals surface area contributed by atoms with Crippen LogP contribution >= 0.6 is 0 Å². The monoisotopic (exact) mass is 767 g/mol. The minimum absolute atomic E-state index is 0.340. The smallest absolute Gasteiger partial charge is 0.434 e. The molecule has 12 aromatic rings. The summed E-state index contributed by atoms with van der Waals surface area (Å²) >= 11 is 0. The van der Waals surface area contributed by atoms with E-state index in [1.54, 1.807) is 0 Å². The Morgan fingerprint density at radius 3 is 1.95 bits per heavy atom. The fourth-order valence-electron chi connectivity index (χ4n) is 10.1. The molecule has 0 N–H and O–H groups in total. The third-order valence-electron chi connectivity index (χ3n) is 12.7. The van der Waals surface area contributed by atoms with Gasteiger partial charge in [0.15, 0.2) is 0 Å². The molecule has 6 heteroatoms. The summed E-state index contributed by atoms with van der Waals surface area (Å²) in [6, 6.07) is 64.0. The molecule has 0 saturated carbocycles. The molecule has 0 radical (unpaired) electrons. The second kappa shape index (κ2) is 11.8. The van der Waals surface area contributed by atoms with E-state index in [0.717, 1.165) is 111 Å². The summed E-state index contributed by atoms with van der Waals surface area (Å²) in [6.45, 7) is -0.340. The molecule has 278 valence electrons. The van der Waals surface area contributed by atoms with Crippen LogP contribution in [0.15, 0.2) is 191 Å². The van der Waals surface area contributed by atoms with Gasteiger partial charge in [-0.05, 0) is 77.4 Å². The summed E-state index contributed by atoms with van der Waals surface area (Å²) in [6.07, 6.45) is 0. The fraction of sp³-hybridized carbons (Fsp3) is 0. The number of fused-ring (bicyclic) bond motifs is 14. The van der Waals surface area contributed by atoms with Crippen molar-refractivity contribution in [3.63, 3.8) is 0 Å². The highest BCUT2D eigenvalue weighted by Crippen LogP contribution is 2.46. The number of nitrogens with zero attached hydrogens (tertiary/aromatic N) is 1. The van der Waals surface area contributed by atoms with E-state index in [9.17, 15) is 0 Å². The number of ether oxygens (including phenoxy) is 1. The van der Waals surface area contributed by atoms with Gasteiger partial charge in [0.25, 0.3) is 0 Å². The maximum atomic E-state index is 7.06. The maximum Gasteiger partial charge on any atom is 0.434 e. The van der Waals surface area contributed by atoms with Crippen molar-refractivity contribution >= 4 is 83.5 Å². The highest BCUT2D eigenvalue weighted by Gasteiger charge is 2.41. The average Bonchev–Trinajstić information content (AvgIpc) is 3.98. The van der Waals surface area contributed by atoms with Crippen molar-refractivity contribution in [1.82, 2.24) is 4.57 Å². The summed E-state index contributed by atoms with van der Waals surface area (Å²) in [5.41, 5.74) is 15.1. The number of para-hydroxylation sites is 6. The molecule has 0 fully saturated rings. The van der Waals surface area contributed by atoms with Gasteiger partial charge >= 0.3 is 6.92 Å². The minimum atomic E-state index is -0.340. The standard InChI is InChI=1S/C54H30BNO4/c1-6-19-43(56-44-20-7-2-13-35(44)36-14-3-8-21-45(36)56)33(12-1)32-28-41-38-16-5-10-23-47(38)60-55-42-26-24-31(29-49(42)57-50(30-32)52(41)55)34-17-11-18-40-51-48(59-53(34)40)27-25-39-37-15-4-9-22-46(37)58-54(39)51/h1-30H. The Kier molecular flexibility index (Phi) is 6.31. The third-order valence-corrected chi connectivity index (χ3v) is 12.7.